The van der Waals surface area contributed by atoms with Crippen LogP contribution in [0, 0.1) is 11.6 Å². The van der Waals surface area contributed by atoms with E-state index in [1.54, 1.807) is 0 Å². The third kappa shape index (κ3) is 4.06. The number of benzene rings is 2. The summed E-state index contributed by atoms with van der Waals surface area (Å²) in [6.45, 7) is 0.299. The fourth-order valence-electron chi connectivity index (χ4n) is 3.23. The molecule has 0 bridgehead atoms. The minimum Gasteiger partial charge on any atom is -0.364 e. The van der Waals surface area contributed by atoms with Gasteiger partial charge in [0.1, 0.15) is 17.3 Å². The molecule has 4 N–H and O–H groups in total. The average molecular weight is 434 g/mol. The molecular weight excluding hydrogens is 416 g/mol. The maximum atomic E-state index is 14.9. The molecule has 6 nitrogen and oxygen atoms in total. The molecule has 10 heteroatoms. The molecular formula is C21H18F4N4O2. The lowest BCUT2D eigenvalue weighted by Gasteiger charge is -2.21. The second-order valence-corrected chi connectivity index (χ2v) is 6.85. The molecule has 1 amide bonds. The van der Waals surface area contributed by atoms with Crippen LogP contribution in [0.25, 0.3) is 5.69 Å². The number of nitrogens with two attached hydrogens (primary N) is 2. The normalized spacial score (nSPS) is 12.6. The Hall–Kier alpha value is -3.53. The molecule has 0 spiro atoms. The number of rotatable bonds is 6. The number of carbonyl (C=O) groups excluding carboxylic acids is 1. The van der Waals surface area contributed by atoms with E-state index in [1.165, 1.54) is 37.3 Å². The molecule has 0 saturated heterocycles. The van der Waals surface area contributed by atoms with Crippen LogP contribution in [0.2, 0.25) is 0 Å². The lowest BCUT2D eigenvalue weighted by Crippen LogP contribution is -2.29. The van der Waals surface area contributed by atoms with Crippen molar-refractivity contribution in [2.24, 2.45) is 11.5 Å². The van der Waals surface area contributed by atoms with Crippen LogP contribution >= 0.6 is 0 Å². The summed E-state index contributed by atoms with van der Waals surface area (Å²) < 4.78 is 57.7. The molecule has 1 aromatic heterocycles. The van der Waals surface area contributed by atoms with Crippen LogP contribution < -0.4 is 17.0 Å². The predicted octanol–water partition coefficient (Wildman–Crippen LogP) is 2.81. The summed E-state index contributed by atoms with van der Waals surface area (Å²) in [5.41, 5.74) is 7.77. The number of aromatic nitrogens is 2. The molecule has 31 heavy (non-hydrogen) atoms. The highest BCUT2D eigenvalue weighted by Gasteiger charge is 2.35. The SMILES string of the molecule is C[C@H](c1cc(=O)n(-c2ccccc2F)nc1C(N)=O)c1cccc(C(F)(F)CN)c1F. The highest BCUT2D eigenvalue weighted by molar-refractivity contribution is 5.92. The van der Waals surface area contributed by atoms with Crippen LogP contribution in [-0.2, 0) is 5.92 Å². The number of hydrogen-bond acceptors (Lipinski definition) is 4. The number of carbonyl (C=O) groups is 1. The first kappa shape index (κ1) is 22.2. The van der Waals surface area contributed by atoms with E-state index in [2.05, 4.69) is 5.10 Å². The van der Waals surface area contributed by atoms with Crippen molar-refractivity contribution in [2.75, 3.05) is 6.54 Å². The summed E-state index contributed by atoms with van der Waals surface area (Å²) in [5, 5.41) is 3.87. The quantitative estimate of drug-likeness (QED) is 0.582. The molecule has 0 unspecified atom stereocenters. The van der Waals surface area contributed by atoms with Crippen molar-refractivity contribution in [1.29, 1.82) is 0 Å². The van der Waals surface area contributed by atoms with E-state index in [0.29, 0.717) is 4.68 Å². The number of halogens is 4. The Bertz CT molecular complexity index is 1210. The molecule has 0 aliphatic heterocycles. The van der Waals surface area contributed by atoms with Crippen molar-refractivity contribution >= 4 is 5.91 Å². The molecule has 0 aliphatic carbocycles. The summed E-state index contributed by atoms with van der Waals surface area (Å²) in [7, 11) is 0. The van der Waals surface area contributed by atoms with Crippen molar-refractivity contribution < 1.29 is 22.4 Å². The van der Waals surface area contributed by atoms with Gasteiger partial charge in [0.25, 0.3) is 17.4 Å². The Morgan fingerprint density at radius 2 is 1.81 bits per heavy atom. The van der Waals surface area contributed by atoms with Gasteiger partial charge in [-0.2, -0.15) is 18.6 Å². The second-order valence-electron chi connectivity index (χ2n) is 6.85. The van der Waals surface area contributed by atoms with Gasteiger partial charge in [-0.15, -0.1) is 0 Å². The zero-order valence-electron chi connectivity index (χ0n) is 16.3. The number of nitrogens with zero attached hydrogens (tertiary/aromatic N) is 2. The van der Waals surface area contributed by atoms with Crippen molar-refractivity contribution in [3.63, 3.8) is 0 Å². The van der Waals surface area contributed by atoms with Crippen molar-refractivity contribution in [3.05, 3.63) is 92.9 Å². The maximum Gasteiger partial charge on any atom is 0.288 e. The summed E-state index contributed by atoms with van der Waals surface area (Å²) in [4.78, 5) is 24.6. The fraction of sp³-hybridized carbons (Fsp3) is 0.190. The Morgan fingerprint density at radius 3 is 2.42 bits per heavy atom. The van der Waals surface area contributed by atoms with E-state index in [1.807, 2.05) is 0 Å². The molecule has 0 saturated carbocycles. The van der Waals surface area contributed by atoms with Gasteiger partial charge in [-0.25, -0.2) is 8.78 Å². The molecule has 0 radical (unpaired) electrons. The zero-order valence-corrected chi connectivity index (χ0v) is 16.3. The zero-order chi connectivity index (χ0) is 22.9. The first-order valence-corrected chi connectivity index (χ1v) is 9.14. The second kappa shape index (κ2) is 8.31. The molecule has 3 rings (SSSR count). The predicted molar refractivity (Wildman–Crippen MR) is 105 cm³/mol. The number of alkyl halides is 2. The number of para-hydroxylation sites is 1. The Balaban J connectivity index is 2.19. The first-order chi connectivity index (χ1) is 14.6. The molecule has 1 heterocycles. The van der Waals surface area contributed by atoms with Gasteiger partial charge >= 0.3 is 0 Å². The Morgan fingerprint density at radius 1 is 1.13 bits per heavy atom. The Labute approximate surface area is 174 Å². The van der Waals surface area contributed by atoms with Crippen molar-refractivity contribution in [1.82, 2.24) is 9.78 Å². The van der Waals surface area contributed by atoms with Crippen molar-refractivity contribution in [3.8, 4) is 5.69 Å². The Kier molecular flexibility index (Phi) is 5.94. The number of hydrogen-bond donors (Lipinski definition) is 2. The van der Waals surface area contributed by atoms with E-state index in [-0.39, 0.29) is 16.8 Å². The van der Waals surface area contributed by atoms with Crippen LogP contribution in [0.1, 0.15) is 40.0 Å². The monoisotopic (exact) mass is 434 g/mol. The lowest BCUT2D eigenvalue weighted by atomic mass is 9.89. The summed E-state index contributed by atoms with van der Waals surface area (Å²) in [5.74, 6) is -7.71. The van der Waals surface area contributed by atoms with E-state index in [9.17, 15) is 27.2 Å². The average Bonchev–Trinajstić information content (AvgIpc) is 2.73. The molecule has 3 aromatic rings. The third-order valence-corrected chi connectivity index (χ3v) is 4.89. The van der Waals surface area contributed by atoms with E-state index >= 15 is 0 Å². The van der Waals surface area contributed by atoms with Gasteiger partial charge in [-0.3, -0.25) is 9.59 Å². The van der Waals surface area contributed by atoms with E-state index < -0.39 is 52.7 Å². The van der Waals surface area contributed by atoms with E-state index in [0.717, 1.165) is 18.2 Å². The largest absolute Gasteiger partial charge is 0.364 e. The lowest BCUT2D eigenvalue weighted by molar-refractivity contribution is 0.00220. The number of primary amides is 1. The van der Waals surface area contributed by atoms with Crippen LogP contribution in [0.4, 0.5) is 17.6 Å². The van der Waals surface area contributed by atoms with Gasteiger partial charge in [0.15, 0.2) is 5.69 Å². The van der Waals surface area contributed by atoms with Gasteiger partial charge in [-0.05, 0) is 23.3 Å². The highest BCUT2D eigenvalue weighted by Crippen LogP contribution is 2.35. The molecule has 0 fully saturated rings. The molecule has 162 valence electrons. The summed E-state index contributed by atoms with van der Waals surface area (Å²) >= 11 is 0. The van der Waals surface area contributed by atoms with Gasteiger partial charge < -0.3 is 11.5 Å². The fourth-order valence-corrected chi connectivity index (χ4v) is 3.23. The molecule has 1 atom stereocenters. The van der Waals surface area contributed by atoms with Crippen LogP contribution in [0.15, 0.2) is 53.3 Å². The summed E-state index contributed by atoms with van der Waals surface area (Å²) in [6.07, 6.45) is 0. The minimum absolute atomic E-state index is 0.0859. The first-order valence-electron chi connectivity index (χ1n) is 9.14. The standard InChI is InChI=1S/C21H18F4N4O2/c1-11(12-5-4-6-14(18(12)23)21(24,25)10-26)13-9-17(30)29(28-19(13)20(27)31)16-8-3-2-7-15(16)22/h2-9,11H,10,26H2,1H3,(H2,27,31)/t11-/m0/s1. The van der Waals surface area contributed by atoms with Crippen LogP contribution in [0.5, 0.6) is 0 Å². The van der Waals surface area contributed by atoms with Gasteiger partial charge in [0, 0.05) is 12.0 Å². The van der Waals surface area contributed by atoms with Gasteiger partial charge in [0.2, 0.25) is 0 Å². The number of amides is 1. The van der Waals surface area contributed by atoms with Crippen LogP contribution in [-0.4, -0.2) is 22.2 Å². The third-order valence-electron chi connectivity index (χ3n) is 4.89. The maximum absolute atomic E-state index is 14.9. The smallest absolute Gasteiger partial charge is 0.288 e. The highest BCUT2D eigenvalue weighted by atomic mass is 19.3. The molecule has 2 aromatic carbocycles. The van der Waals surface area contributed by atoms with Gasteiger partial charge in [0.05, 0.1) is 12.1 Å². The van der Waals surface area contributed by atoms with Gasteiger partial charge in [-0.1, -0.05) is 37.3 Å². The van der Waals surface area contributed by atoms with E-state index in [4.69, 9.17) is 11.5 Å². The topological polar surface area (TPSA) is 104 Å². The van der Waals surface area contributed by atoms with Crippen molar-refractivity contribution in [2.45, 2.75) is 18.8 Å². The van der Waals surface area contributed by atoms with Crippen LogP contribution in [0.3, 0.4) is 0 Å². The molecule has 0 aliphatic rings. The summed E-state index contributed by atoms with van der Waals surface area (Å²) in [6, 6.07) is 9.56. The minimum atomic E-state index is -3.61.